The molecule has 9 heteroatoms. The molecule has 0 aromatic rings. The molecule has 0 aliphatic heterocycles. The van der Waals surface area contributed by atoms with Gasteiger partial charge in [-0.25, -0.2) is 0 Å². The van der Waals surface area contributed by atoms with E-state index in [9.17, 15) is 19.4 Å². The van der Waals surface area contributed by atoms with E-state index in [-0.39, 0.29) is 19.1 Å². The van der Waals surface area contributed by atoms with Gasteiger partial charge in [0.25, 0.3) is 7.82 Å². The molecule has 0 saturated heterocycles. The molecule has 0 aromatic heterocycles. The van der Waals surface area contributed by atoms with Crippen LogP contribution in [0.2, 0.25) is 0 Å². The highest BCUT2D eigenvalue weighted by molar-refractivity contribution is 7.45. The second kappa shape index (κ2) is 61.7. The summed E-state index contributed by atoms with van der Waals surface area (Å²) in [6.45, 7) is 4.63. The van der Waals surface area contributed by atoms with Crippen LogP contribution in [0.4, 0.5) is 0 Å². The van der Waals surface area contributed by atoms with Gasteiger partial charge in [0.15, 0.2) is 0 Å². The summed E-state index contributed by atoms with van der Waals surface area (Å²) in [5.41, 5.74) is 0. The Labute approximate surface area is 501 Å². The molecule has 3 atom stereocenters. The topological polar surface area (TPSA) is 108 Å². The van der Waals surface area contributed by atoms with Crippen LogP contribution in [-0.2, 0) is 18.4 Å². The number of hydrogen-bond acceptors (Lipinski definition) is 6. The van der Waals surface area contributed by atoms with Crippen molar-refractivity contribution < 1.29 is 32.9 Å². The van der Waals surface area contributed by atoms with E-state index in [1.165, 1.54) is 167 Å². The lowest BCUT2D eigenvalue weighted by Crippen LogP contribution is -2.46. The SMILES string of the molecule is CC/C=C\C/C=C\C/C=C\C/C=C\C/C=C\C/C=C\C/C=C\C/C=C\C/C=C\CCCCCCCCCCCCCC(=O)NC(COP(=O)([O-])OCC[N+](C)(C)C)C(O)CCCCCCCCCCCCCCCCCCCCCC. The summed E-state index contributed by atoms with van der Waals surface area (Å²) in [4.78, 5) is 25.6. The Balaban J connectivity index is 4.07. The van der Waals surface area contributed by atoms with Gasteiger partial charge in [-0.1, -0.05) is 309 Å². The van der Waals surface area contributed by atoms with Crippen molar-refractivity contribution in [3.05, 3.63) is 109 Å². The predicted octanol–water partition coefficient (Wildman–Crippen LogP) is 20.9. The smallest absolute Gasteiger partial charge is 0.268 e. The minimum atomic E-state index is -4.58. The predicted molar refractivity (Wildman–Crippen MR) is 352 cm³/mol. The van der Waals surface area contributed by atoms with E-state index < -0.39 is 20.0 Å². The lowest BCUT2D eigenvalue weighted by atomic mass is 10.0. The third kappa shape index (κ3) is 64.6. The third-order valence-electron chi connectivity index (χ3n) is 14.8. The molecule has 0 aliphatic carbocycles. The van der Waals surface area contributed by atoms with Crippen LogP contribution >= 0.6 is 7.82 Å². The van der Waals surface area contributed by atoms with E-state index in [0.29, 0.717) is 23.9 Å². The fraction of sp³-hybridized carbons (Fsp3) is 0.736. The summed E-state index contributed by atoms with van der Waals surface area (Å²) in [6.07, 6.45) is 90.0. The zero-order valence-corrected chi connectivity index (χ0v) is 54.4. The van der Waals surface area contributed by atoms with Crippen LogP contribution in [0.25, 0.3) is 0 Å². The van der Waals surface area contributed by atoms with Gasteiger partial charge >= 0.3 is 0 Å². The molecule has 1 amide bonds. The highest BCUT2D eigenvalue weighted by Crippen LogP contribution is 2.38. The van der Waals surface area contributed by atoms with Gasteiger partial charge in [-0.05, 0) is 83.5 Å². The Hall–Kier alpha value is -2.84. The lowest BCUT2D eigenvalue weighted by Gasteiger charge is -2.30. The van der Waals surface area contributed by atoms with Gasteiger partial charge in [-0.15, -0.1) is 0 Å². The molecule has 0 aliphatic rings. The van der Waals surface area contributed by atoms with Crippen molar-refractivity contribution >= 4 is 13.7 Å². The first kappa shape index (κ1) is 78.2. The van der Waals surface area contributed by atoms with Crippen molar-refractivity contribution in [2.45, 2.75) is 302 Å². The molecule has 0 heterocycles. The van der Waals surface area contributed by atoms with Crippen LogP contribution in [0.3, 0.4) is 0 Å². The number of quaternary nitrogens is 1. The Morgan fingerprint density at radius 1 is 0.444 bits per heavy atom. The fourth-order valence-electron chi connectivity index (χ4n) is 9.56. The molecule has 8 nitrogen and oxygen atoms in total. The molecule has 0 spiro atoms. The third-order valence-corrected chi connectivity index (χ3v) is 15.7. The molecular formula is C72H129N2O6P. The molecule has 0 radical (unpaired) electrons. The normalized spacial score (nSPS) is 14.4. The van der Waals surface area contributed by atoms with Gasteiger partial charge < -0.3 is 28.8 Å². The maximum Gasteiger partial charge on any atom is 0.268 e. The molecule has 2 N–H and O–H groups in total. The van der Waals surface area contributed by atoms with Crippen molar-refractivity contribution in [3.8, 4) is 0 Å². The summed E-state index contributed by atoms with van der Waals surface area (Å²) in [6, 6.07) is -0.810. The minimum absolute atomic E-state index is 0.00800. The van der Waals surface area contributed by atoms with E-state index >= 15 is 0 Å². The molecule has 0 aromatic carbocycles. The molecule has 0 saturated carbocycles. The zero-order chi connectivity index (χ0) is 59.1. The van der Waals surface area contributed by atoms with Gasteiger partial charge in [0.05, 0.1) is 39.9 Å². The number of allylic oxidation sites excluding steroid dienone is 18. The highest BCUT2D eigenvalue weighted by Gasteiger charge is 2.24. The van der Waals surface area contributed by atoms with Crippen molar-refractivity contribution in [2.24, 2.45) is 0 Å². The van der Waals surface area contributed by atoms with Gasteiger partial charge in [-0.3, -0.25) is 9.36 Å². The van der Waals surface area contributed by atoms with Crippen LogP contribution in [0.5, 0.6) is 0 Å². The molecule has 0 fully saturated rings. The van der Waals surface area contributed by atoms with Gasteiger partial charge in [0.2, 0.25) is 5.91 Å². The first-order chi connectivity index (χ1) is 39.5. The number of phosphoric ester groups is 1. The van der Waals surface area contributed by atoms with Gasteiger partial charge in [0.1, 0.15) is 13.2 Å². The number of nitrogens with one attached hydrogen (secondary N) is 1. The minimum Gasteiger partial charge on any atom is -0.756 e. The Bertz CT molecular complexity index is 1690. The zero-order valence-electron chi connectivity index (χ0n) is 53.5. The average Bonchev–Trinajstić information content (AvgIpc) is 3.43. The molecule has 3 unspecified atom stereocenters. The number of aliphatic hydroxyl groups is 1. The monoisotopic (exact) mass is 1150 g/mol. The number of hydrogen-bond donors (Lipinski definition) is 2. The van der Waals surface area contributed by atoms with E-state index in [4.69, 9.17) is 9.05 Å². The molecule has 0 rings (SSSR count). The fourth-order valence-corrected chi connectivity index (χ4v) is 10.3. The van der Waals surface area contributed by atoms with Crippen LogP contribution < -0.4 is 10.2 Å². The number of rotatable bonds is 61. The highest BCUT2D eigenvalue weighted by atomic mass is 31.2. The van der Waals surface area contributed by atoms with E-state index in [2.05, 4.69) is 129 Å². The summed E-state index contributed by atoms with van der Waals surface area (Å²) in [5.74, 6) is -0.169. The second-order valence-electron chi connectivity index (χ2n) is 23.8. The van der Waals surface area contributed by atoms with Crippen LogP contribution in [0, 0.1) is 0 Å². The second-order valence-corrected chi connectivity index (χ2v) is 25.2. The number of carbonyl (C=O) groups excluding carboxylic acids is 1. The molecule has 0 bridgehead atoms. The summed E-state index contributed by atoms with van der Waals surface area (Å²) in [5, 5.41) is 14.1. The maximum absolute atomic E-state index is 13.0. The van der Waals surface area contributed by atoms with E-state index in [0.717, 1.165) is 96.3 Å². The van der Waals surface area contributed by atoms with Crippen molar-refractivity contribution in [3.63, 3.8) is 0 Å². The number of phosphoric acid groups is 1. The van der Waals surface area contributed by atoms with Gasteiger partial charge in [-0.2, -0.15) is 0 Å². The molecule has 81 heavy (non-hydrogen) atoms. The van der Waals surface area contributed by atoms with Crippen LogP contribution in [-0.4, -0.2) is 68.5 Å². The average molecular weight is 1150 g/mol. The standard InChI is InChI=1S/C72H129N2O6P/c1-6-8-10-12-14-16-18-20-22-24-26-28-29-30-31-32-33-34-35-36-37-38-39-40-41-42-43-44-45-46-48-50-52-54-56-58-60-62-64-66-72(76)73-70(69-80-81(77,78)79-68-67-74(3,4)5)71(75)65-63-61-59-57-55-53-51-49-47-27-25-23-21-19-17-15-13-11-9-7-2/h8,10,14,16,20,22,26,28,30-31,33-34,36-37,39-40,42-43,70-71,75H,6-7,9,11-13,15,17-19,21,23-25,27,29,32,35,38,41,44-69H2,1-5H3,(H-,73,76,77,78)/b10-8-,16-14-,22-20-,28-26-,31-30-,34-33-,37-36-,40-39-,43-42-. The summed E-state index contributed by atoms with van der Waals surface area (Å²) < 4.78 is 23.5. The summed E-state index contributed by atoms with van der Waals surface area (Å²) >= 11 is 0. The number of carbonyl (C=O) groups is 1. The molecular weight excluding hydrogens is 1020 g/mol. The number of nitrogens with zero attached hydrogens (tertiary/aromatic N) is 1. The number of likely N-dealkylation sites (N-methyl/N-ethyl adjacent to an activating group) is 1. The van der Waals surface area contributed by atoms with Crippen molar-refractivity contribution in [1.29, 1.82) is 0 Å². The van der Waals surface area contributed by atoms with Crippen LogP contribution in [0.15, 0.2) is 109 Å². The first-order valence-corrected chi connectivity index (χ1v) is 35.2. The lowest BCUT2D eigenvalue weighted by molar-refractivity contribution is -0.870. The summed E-state index contributed by atoms with van der Waals surface area (Å²) in [7, 11) is 1.30. The van der Waals surface area contributed by atoms with E-state index in [1.807, 2.05) is 21.1 Å². The Morgan fingerprint density at radius 3 is 1.10 bits per heavy atom. The number of amides is 1. The maximum atomic E-state index is 13.0. The Morgan fingerprint density at radius 2 is 0.753 bits per heavy atom. The van der Waals surface area contributed by atoms with Crippen LogP contribution in [0.1, 0.15) is 290 Å². The van der Waals surface area contributed by atoms with Crippen molar-refractivity contribution in [2.75, 3.05) is 40.9 Å². The first-order valence-electron chi connectivity index (χ1n) is 33.7. The Kier molecular flexibility index (Phi) is 59.5. The van der Waals surface area contributed by atoms with E-state index in [1.54, 1.807) is 0 Å². The number of aliphatic hydroxyl groups excluding tert-OH is 1. The molecule has 468 valence electrons. The van der Waals surface area contributed by atoms with Gasteiger partial charge in [0, 0.05) is 6.42 Å². The largest absolute Gasteiger partial charge is 0.756 e. The number of unbranched alkanes of at least 4 members (excludes halogenated alkanes) is 30. The quantitative estimate of drug-likeness (QED) is 0.0272. The van der Waals surface area contributed by atoms with Crippen molar-refractivity contribution in [1.82, 2.24) is 5.32 Å².